The van der Waals surface area contributed by atoms with Gasteiger partial charge in [-0.25, -0.2) is 0 Å². The molecule has 0 radical (unpaired) electrons. The van der Waals surface area contributed by atoms with Crippen molar-refractivity contribution >= 4 is 32.3 Å². The first-order valence-corrected chi connectivity index (χ1v) is 14.5. The second-order valence-corrected chi connectivity index (χ2v) is 10.9. The molecule has 0 atom stereocenters. The maximum Gasteiger partial charge on any atom is -0.00923 e. The highest BCUT2D eigenvalue weighted by molar-refractivity contribution is 6.27. The maximum absolute atomic E-state index is 2.42. The minimum atomic E-state index is 1.23. The molecule has 0 bridgehead atoms. The summed E-state index contributed by atoms with van der Waals surface area (Å²) in [4.78, 5) is 0. The summed E-state index contributed by atoms with van der Waals surface area (Å²) in [6.45, 7) is 0. The number of rotatable bonds is 4. The molecule has 0 saturated carbocycles. The Morgan fingerprint density at radius 3 is 0.857 bits per heavy atom. The first-order chi connectivity index (χ1) is 20.8. The predicted molar refractivity (Wildman–Crippen MR) is 181 cm³/mol. The number of hydrogen-bond acceptors (Lipinski definition) is 0. The topological polar surface area (TPSA) is 0 Å². The van der Waals surface area contributed by atoms with E-state index in [-0.39, 0.29) is 0 Å². The third-order valence-corrected chi connectivity index (χ3v) is 8.45. The minimum Gasteiger partial charge on any atom is -0.0622 e. The van der Waals surface area contributed by atoms with Gasteiger partial charge >= 0.3 is 0 Å². The molecular formula is C42H28. The molecule has 0 heterocycles. The van der Waals surface area contributed by atoms with Gasteiger partial charge in [-0.1, -0.05) is 146 Å². The molecule has 0 aliphatic carbocycles. The molecule has 0 heteroatoms. The summed E-state index contributed by atoms with van der Waals surface area (Å²) in [5.41, 5.74) is 9.90. The summed E-state index contributed by atoms with van der Waals surface area (Å²) in [5, 5.41) is 7.68. The molecule has 0 nitrogen and oxygen atoms in total. The van der Waals surface area contributed by atoms with Crippen LogP contribution >= 0.6 is 0 Å². The summed E-state index contributed by atoms with van der Waals surface area (Å²) in [5.74, 6) is 0. The fraction of sp³-hybridized carbons (Fsp3) is 0. The zero-order valence-corrected chi connectivity index (χ0v) is 23.2. The largest absolute Gasteiger partial charge is 0.0622 e. The van der Waals surface area contributed by atoms with Gasteiger partial charge in [0.05, 0.1) is 0 Å². The van der Waals surface area contributed by atoms with E-state index < -0.39 is 0 Å². The first kappa shape index (κ1) is 24.3. The normalized spacial score (nSPS) is 11.3. The maximum atomic E-state index is 2.42. The zero-order chi connectivity index (χ0) is 27.9. The first-order valence-electron chi connectivity index (χ1n) is 14.5. The van der Waals surface area contributed by atoms with Gasteiger partial charge in [0.1, 0.15) is 0 Å². The molecule has 8 aromatic rings. The van der Waals surface area contributed by atoms with Crippen molar-refractivity contribution in [1.82, 2.24) is 0 Å². The van der Waals surface area contributed by atoms with E-state index in [2.05, 4.69) is 170 Å². The molecule has 0 saturated heterocycles. The SMILES string of the molecule is c1ccc(-c2ccc3c(c2)c2cc(-c4ccccc4)ccc2c2cc(-c4ccccc4)c(-c4ccccc4)cc32)cc1. The lowest BCUT2D eigenvalue weighted by Crippen LogP contribution is -1.91. The highest BCUT2D eigenvalue weighted by atomic mass is 14.2. The summed E-state index contributed by atoms with van der Waals surface area (Å²) in [7, 11) is 0. The van der Waals surface area contributed by atoms with Crippen LogP contribution in [-0.4, -0.2) is 0 Å². The van der Waals surface area contributed by atoms with Gasteiger partial charge < -0.3 is 0 Å². The van der Waals surface area contributed by atoms with Gasteiger partial charge in [0.15, 0.2) is 0 Å². The molecule has 196 valence electrons. The van der Waals surface area contributed by atoms with Gasteiger partial charge in [-0.3, -0.25) is 0 Å². The van der Waals surface area contributed by atoms with E-state index in [1.165, 1.54) is 76.8 Å². The fourth-order valence-electron chi connectivity index (χ4n) is 6.38. The Bertz CT molecular complexity index is 2010. The Kier molecular flexibility index (Phi) is 5.90. The van der Waals surface area contributed by atoms with Gasteiger partial charge in [-0.15, -0.1) is 0 Å². The van der Waals surface area contributed by atoms with Crippen molar-refractivity contribution in [1.29, 1.82) is 0 Å². The molecule has 8 aromatic carbocycles. The van der Waals surface area contributed by atoms with Crippen LogP contribution in [0.2, 0.25) is 0 Å². The lowest BCUT2D eigenvalue weighted by atomic mass is 9.86. The second-order valence-electron chi connectivity index (χ2n) is 10.9. The van der Waals surface area contributed by atoms with Gasteiger partial charge in [-0.05, 0) is 101 Å². The third-order valence-electron chi connectivity index (χ3n) is 8.45. The number of benzene rings is 8. The molecule has 0 aromatic heterocycles. The van der Waals surface area contributed by atoms with Crippen LogP contribution in [0.3, 0.4) is 0 Å². The van der Waals surface area contributed by atoms with E-state index in [0.717, 1.165) is 0 Å². The summed E-state index contributed by atoms with van der Waals surface area (Å²) in [6, 6.07) is 61.8. The number of hydrogen-bond donors (Lipinski definition) is 0. The lowest BCUT2D eigenvalue weighted by Gasteiger charge is -2.18. The van der Waals surface area contributed by atoms with Crippen molar-refractivity contribution in [2.24, 2.45) is 0 Å². The highest BCUT2D eigenvalue weighted by Gasteiger charge is 2.16. The van der Waals surface area contributed by atoms with E-state index in [0.29, 0.717) is 0 Å². The molecular weight excluding hydrogens is 504 g/mol. The monoisotopic (exact) mass is 532 g/mol. The Morgan fingerprint density at radius 1 is 0.190 bits per heavy atom. The van der Waals surface area contributed by atoms with Gasteiger partial charge in [0.2, 0.25) is 0 Å². The predicted octanol–water partition coefficient (Wildman–Crippen LogP) is 11.8. The van der Waals surface area contributed by atoms with Crippen LogP contribution in [0.4, 0.5) is 0 Å². The third kappa shape index (κ3) is 4.17. The van der Waals surface area contributed by atoms with Crippen LogP contribution in [-0.2, 0) is 0 Å². The standard InChI is InChI=1S/C42H28/c1-5-13-29(14-6-1)33-21-23-35-39(25-33)40-26-34(30-15-7-2-8-16-30)22-24-36(40)42-28-38(32-19-11-4-12-20-32)37(27-41(35)42)31-17-9-3-10-18-31/h1-28H. The average Bonchev–Trinajstić information content (AvgIpc) is 3.09. The lowest BCUT2D eigenvalue weighted by molar-refractivity contribution is 1.61. The van der Waals surface area contributed by atoms with Crippen LogP contribution in [0.15, 0.2) is 170 Å². The molecule has 0 amide bonds. The van der Waals surface area contributed by atoms with Crippen LogP contribution in [0.1, 0.15) is 0 Å². The van der Waals surface area contributed by atoms with E-state index in [1.807, 2.05) is 0 Å². The summed E-state index contributed by atoms with van der Waals surface area (Å²) in [6.07, 6.45) is 0. The molecule has 0 unspecified atom stereocenters. The van der Waals surface area contributed by atoms with E-state index in [9.17, 15) is 0 Å². The fourth-order valence-corrected chi connectivity index (χ4v) is 6.38. The zero-order valence-electron chi connectivity index (χ0n) is 23.2. The van der Waals surface area contributed by atoms with Crippen molar-refractivity contribution in [3.8, 4) is 44.5 Å². The summed E-state index contributed by atoms with van der Waals surface area (Å²) < 4.78 is 0. The smallest absolute Gasteiger partial charge is 0.00923 e. The van der Waals surface area contributed by atoms with E-state index >= 15 is 0 Å². The van der Waals surface area contributed by atoms with E-state index in [1.54, 1.807) is 0 Å². The van der Waals surface area contributed by atoms with Crippen LogP contribution in [0.25, 0.3) is 76.8 Å². The van der Waals surface area contributed by atoms with Crippen LogP contribution < -0.4 is 0 Å². The van der Waals surface area contributed by atoms with Crippen molar-refractivity contribution in [2.75, 3.05) is 0 Å². The Balaban J connectivity index is 1.51. The highest BCUT2D eigenvalue weighted by Crippen LogP contribution is 2.43. The quantitative estimate of drug-likeness (QED) is 0.198. The molecule has 0 spiro atoms. The number of fused-ring (bicyclic) bond motifs is 6. The summed E-state index contributed by atoms with van der Waals surface area (Å²) >= 11 is 0. The molecule has 0 N–H and O–H groups in total. The van der Waals surface area contributed by atoms with Crippen molar-refractivity contribution < 1.29 is 0 Å². The van der Waals surface area contributed by atoms with Gasteiger partial charge in [-0.2, -0.15) is 0 Å². The molecule has 0 aliphatic heterocycles. The molecule has 42 heavy (non-hydrogen) atoms. The Hall–Kier alpha value is -5.46. The van der Waals surface area contributed by atoms with Gasteiger partial charge in [0.25, 0.3) is 0 Å². The van der Waals surface area contributed by atoms with Crippen molar-refractivity contribution in [3.05, 3.63) is 170 Å². The average molecular weight is 533 g/mol. The Morgan fingerprint density at radius 2 is 0.500 bits per heavy atom. The molecule has 0 aliphatic rings. The van der Waals surface area contributed by atoms with E-state index in [4.69, 9.17) is 0 Å². The second kappa shape index (κ2) is 10.2. The van der Waals surface area contributed by atoms with Crippen LogP contribution in [0.5, 0.6) is 0 Å². The minimum absolute atomic E-state index is 1.23. The molecule has 8 rings (SSSR count). The Labute approximate surface area is 246 Å². The van der Waals surface area contributed by atoms with Crippen molar-refractivity contribution in [2.45, 2.75) is 0 Å². The van der Waals surface area contributed by atoms with Crippen molar-refractivity contribution in [3.63, 3.8) is 0 Å². The molecule has 0 fully saturated rings. The van der Waals surface area contributed by atoms with Gasteiger partial charge in [0, 0.05) is 0 Å². The van der Waals surface area contributed by atoms with Crippen LogP contribution in [0, 0.1) is 0 Å².